The first-order valence-electron chi connectivity index (χ1n) is 6.60. The number of carbonyl (C=O) groups excluding carboxylic acids is 1. The Kier molecular flexibility index (Phi) is 5.40. The van der Waals surface area contributed by atoms with Crippen LogP contribution in [0.1, 0.15) is 27.2 Å². The molecule has 0 aromatic heterocycles. The first-order chi connectivity index (χ1) is 7.91. The van der Waals surface area contributed by atoms with Crippen molar-refractivity contribution in [2.45, 2.75) is 39.3 Å². The van der Waals surface area contributed by atoms with Gasteiger partial charge in [0.25, 0.3) is 0 Å². The van der Waals surface area contributed by atoms with Crippen molar-refractivity contribution in [3.05, 3.63) is 0 Å². The van der Waals surface area contributed by atoms with E-state index in [0.717, 1.165) is 19.5 Å². The number of amides is 1. The van der Waals surface area contributed by atoms with Crippen molar-refractivity contribution in [2.75, 3.05) is 27.2 Å². The molecule has 100 valence electrons. The Hall–Kier alpha value is -0.610. The number of nitrogens with one attached hydrogen (secondary N) is 2. The highest BCUT2D eigenvalue weighted by Crippen LogP contribution is 2.16. The molecule has 1 aliphatic heterocycles. The molecule has 0 aliphatic carbocycles. The summed E-state index contributed by atoms with van der Waals surface area (Å²) in [7, 11) is 4.09. The van der Waals surface area contributed by atoms with Gasteiger partial charge in [-0.2, -0.15) is 0 Å². The first-order valence-corrected chi connectivity index (χ1v) is 6.60. The third kappa shape index (κ3) is 4.28. The van der Waals surface area contributed by atoms with Gasteiger partial charge >= 0.3 is 0 Å². The van der Waals surface area contributed by atoms with Crippen LogP contribution in [-0.2, 0) is 4.79 Å². The Morgan fingerprint density at radius 2 is 2.12 bits per heavy atom. The topological polar surface area (TPSA) is 44.4 Å². The standard InChI is InChI=1S/C13H27N3O/c1-9(2)12(8-16(4)5)15-13(17)11-6-7-14-10(11)3/h9-12,14H,6-8H2,1-5H3,(H,15,17). The highest BCUT2D eigenvalue weighted by Gasteiger charge is 2.31. The molecule has 2 N–H and O–H groups in total. The third-order valence-electron chi connectivity index (χ3n) is 3.56. The quantitative estimate of drug-likeness (QED) is 0.744. The number of rotatable bonds is 5. The predicted octanol–water partition coefficient (Wildman–Crippen LogP) is 0.687. The lowest BCUT2D eigenvalue weighted by atomic mass is 9.98. The van der Waals surface area contributed by atoms with Crippen LogP contribution in [0.25, 0.3) is 0 Å². The molecule has 17 heavy (non-hydrogen) atoms. The van der Waals surface area contributed by atoms with Crippen molar-refractivity contribution in [2.24, 2.45) is 11.8 Å². The van der Waals surface area contributed by atoms with Crippen LogP contribution in [0.5, 0.6) is 0 Å². The first kappa shape index (κ1) is 14.5. The molecule has 0 aromatic carbocycles. The minimum absolute atomic E-state index is 0.137. The summed E-state index contributed by atoms with van der Waals surface area (Å²) in [6, 6.07) is 0.549. The van der Waals surface area contributed by atoms with Crippen LogP contribution < -0.4 is 10.6 Å². The van der Waals surface area contributed by atoms with Gasteiger partial charge in [0.05, 0.1) is 5.92 Å². The minimum atomic E-state index is 0.137. The summed E-state index contributed by atoms with van der Waals surface area (Å²) in [6.45, 7) is 8.26. The van der Waals surface area contributed by atoms with E-state index in [0.29, 0.717) is 12.0 Å². The molecule has 1 amide bonds. The summed E-state index contributed by atoms with van der Waals surface area (Å²) in [5.41, 5.74) is 0. The maximum Gasteiger partial charge on any atom is 0.224 e. The summed E-state index contributed by atoms with van der Waals surface area (Å²) < 4.78 is 0. The average molecular weight is 241 g/mol. The van der Waals surface area contributed by atoms with Crippen molar-refractivity contribution in [3.63, 3.8) is 0 Å². The molecule has 0 aromatic rings. The van der Waals surface area contributed by atoms with Crippen LogP contribution in [0, 0.1) is 11.8 Å². The van der Waals surface area contributed by atoms with E-state index in [9.17, 15) is 4.79 Å². The smallest absolute Gasteiger partial charge is 0.224 e. The molecule has 1 saturated heterocycles. The molecule has 1 rings (SSSR count). The summed E-state index contributed by atoms with van der Waals surface area (Å²) in [5.74, 6) is 0.812. The van der Waals surface area contributed by atoms with Gasteiger partial charge in [-0.25, -0.2) is 0 Å². The van der Waals surface area contributed by atoms with Crippen LogP contribution in [0.4, 0.5) is 0 Å². The second kappa shape index (κ2) is 6.36. The van der Waals surface area contributed by atoms with Crippen molar-refractivity contribution in [3.8, 4) is 0 Å². The second-order valence-corrected chi connectivity index (χ2v) is 5.76. The molecule has 0 radical (unpaired) electrons. The van der Waals surface area contributed by atoms with Crippen LogP contribution in [0.2, 0.25) is 0 Å². The van der Waals surface area contributed by atoms with E-state index in [1.165, 1.54) is 0 Å². The van der Waals surface area contributed by atoms with Gasteiger partial charge in [-0.1, -0.05) is 13.8 Å². The third-order valence-corrected chi connectivity index (χ3v) is 3.56. The molecule has 3 unspecified atom stereocenters. The molecule has 0 bridgehead atoms. The highest BCUT2D eigenvalue weighted by atomic mass is 16.2. The van der Waals surface area contributed by atoms with E-state index in [1.807, 2.05) is 14.1 Å². The van der Waals surface area contributed by atoms with Crippen molar-refractivity contribution in [1.82, 2.24) is 15.5 Å². The number of hydrogen-bond acceptors (Lipinski definition) is 3. The number of carbonyl (C=O) groups is 1. The van der Waals surface area contributed by atoms with Gasteiger partial charge in [-0.3, -0.25) is 4.79 Å². The van der Waals surface area contributed by atoms with Crippen molar-refractivity contribution in [1.29, 1.82) is 0 Å². The largest absolute Gasteiger partial charge is 0.352 e. The molecule has 3 atom stereocenters. The molecule has 1 aliphatic rings. The lowest BCUT2D eigenvalue weighted by Gasteiger charge is -2.27. The minimum Gasteiger partial charge on any atom is -0.352 e. The van der Waals surface area contributed by atoms with Gasteiger partial charge in [0.1, 0.15) is 0 Å². The molecule has 4 heteroatoms. The second-order valence-electron chi connectivity index (χ2n) is 5.76. The zero-order valence-corrected chi connectivity index (χ0v) is 11.8. The maximum atomic E-state index is 12.2. The Morgan fingerprint density at radius 3 is 2.53 bits per heavy atom. The van der Waals surface area contributed by atoms with Crippen LogP contribution in [0.15, 0.2) is 0 Å². The Labute approximate surface area is 105 Å². The summed E-state index contributed by atoms with van der Waals surface area (Å²) in [6.07, 6.45) is 0.958. The predicted molar refractivity (Wildman–Crippen MR) is 70.9 cm³/mol. The molecule has 0 saturated carbocycles. The van der Waals surface area contributed by atoms with Gasteiger partial charge in [-0.05, 0) is 39.9 Å². The SMILES string of the molecule is CC(C)C(CN(C)C)NC(=O)C1CCNC1C. The van der Waals surface area contributed by atoms with E-state index in [4.69, 9.17) is 0 Å². The van der Waals surface area contributed by atoms with E-state index in [1.54, 1.807) is 0 Å². The molecule has 1 heterocycles. The van der Waals surface area contributed by atoms with Gasteiger partial charge in [0.2, 0.25) is 5.91 Å². The molecular formula is C13H27N3O. The fourth-order valence-electron chi connectivity index (χ4n) is 2.32. The zero-order valence-electron chi connectivity index (χ0n) is 11.8. The summed E-state index contributed by atoms with van der Waals surface area (Å²) >= 11 is 0. The van der Waals surface area contributed by atoms with Crippen LogP contribution >= 0.6 is 0 Å². The molecule has 0 spiro atoms. The van der Waals surface area contributed by atoms with Crippen LogP contribution in [0.3, 0.4) is 0 Å². The van der Waals surface area contributed by atoms with Gasteiger partial charge in [-0.15, -0.1) is 0 Å². The van der Waals surface area contributed by atoms with Gasteiger partial charge in [0, 0.05) is 18.6 Å². The van der Waals surface area contributed by atoms with E-state index in [2.05, 4.69) is 36.3 Å². The van der Waals surface area contributed by atoms with Crippen LogP contribution in [-0.4, -0.2) is 50.1 Å². The maximum absolute atomic E-state index is 12.2. The van der Waals surface area contributed by atoms with E-state index >= 15 is 0 Å². The number of nitrogens with zero attached hydrogens (tertiary/aromatic N) is 1. The normalized spacial score (nSPS) is 26.5. The fraction of sp³-hybridized carbons (Fsp3) is 0.923. The highest BCUT2D eigenvalue weighted by molar-refractivity contribution is 5.80. The van der Waals surface area contributed by atoms with Gasteiger partial charge < -0.3 is 15.5 Å². The molecule has 1 fully saturated rings. The number of likely N-dealkylation sites (N-methyl/N-ethyl adjacent to an activating group) is 1. The monoisotopic (exact) mass is 241 g/mol. The zero-order chi connectivity index (χ0) is 13.0. The summed E-state index contributed by atoms with van der Waals surface area (Å²) in [4.78, 5) is 14.3. The molecule has 4 nitrogen and oxygen atoms in total. The fourth-order valence-corrected chi connectivity index (χ4v) is 2.32. The Morgan fingerprint density at radius 1 is 1.47 bits per heavy atom. The van der Waals surface area contributed by atoms with E-state index < -0.39 is 0 Å². The number of hydrogen-bond donors (Lipinski definition) is 2. The van der Waals surface area contributed by atoms with Crippen molar-refractivity contribution >= 4 is 5.91 Å². The molecular weight excluding hydrogens is 214 g/mol. The van der Waals surface area contributed by atoms with Crippen molar-refractivity contribution < 1.29 is 4.79 Å². The average Bonchev–Trinajstić information content (AvgIpc) is 2.62. The van der Waals surface area contributed by atoms with E-state index in [-0.39, 0.29) is 17.9 Å². The Balaban J connectivity index is 2.51. The lowest BCUT2D eigenvalue weighted by Crippen LogP contribution is -2.48. The Bertz CT molecular complexity index is 253. The summed E-state index contributed by atoms with van der Waals surface area (Å²) in [5, 5.41) is 6.52. The van der Waals surface area contributed by atoms with Gasteiger partial charge in [0.15, 0.2) is 0 Å². The lowest BCUT2D eigenvalue weighted by molar-refractivity contribution is -0.126.